The Kier molecular flexibility index (Phi) is 48.1. The molecule has 6 nitrogen and oxygen atoms in total. The molecule has 0 aromatic rings. The van der Waals surface area contributed by atoms with E-state index in [0.717, 1.165) is 109 Å². The molecule has 0 saturated heterocycles. The maximum atomic E-state index is 12.8. The highest BCUT2D eigenvalue weighted by Crippen LogP contribution is 2.11. The van der Waals surface area contributed by atoms with E-state index < -0.39 is 6.10 Å². The molecule has 0 aliphatic rings. The van der Waals surface area contributed by atoms with Gasteiger partial charge in [0, 0.05) is 19.3 Å². The first kappa shape index (κ1) is 59.8. The summed E-state index contributed by atoms with van der Waals surface area (Å²) in [5, 5.41) is 0. The van der Waals surface area contributed by atoms with Gasteiger partial charge in [-0.3, -0.25) is 14.4 Å². The van der Waals surface area contributed by atoms with Gasteiger partial charge in [-0.2, -0.15) is 0 Å². The molecule has 0 fully saturated rings. The van der Waals surface area contributed by atoms with E-state index in [1.54, 1.807) is 0 Å². The van der Waals surface area contributed by atoms with Crippen LogP contribution in [0.25, 0.3) is 0 Å². The lowest BCUT2D eigenvalue weighted by Gasteiger charge is -2.18. The van der Waals surface area contributed by atoms with Gasteiger partial charge in [0.1, 0.15) is 13.2 Å². The van der Waals surface area contributed by atoms with Crippen molar-refractivity contribution in [1.82, 2.24) is 0 Å². The number of unbranched alkanes of at least 4 members (excludes halogenated alkanes) is 13. The van der Waals surface area contributed by atoms with Gasteiger partial charge in [-0.25, -0.2) is 0 Å². The maximum Gasteiger partial charge on any atom is 0.306 e. The predicted molar refractivity (Wildman–Crippen MR) is 274 cm³/mol. The first-order valence-electron chi connectivity index (χ1n) is 25.5. The second-order valence-electron chi connectivity index (χ2n) is 16.3. The summed E-state index contributed by atoms with van der Waals surface area (Å²) >= 11 is 0. The van der Waals surface area contributed by atoms with Crippen LogP contribution in [0.5, 0.6) is 0 Å². The summed E-state index contributed by atoms with van der Waals surface area (Å²) in [4.78, 5) is 37.9. The van der Waals surface area contributed by atoms with E-state index in [2.05, 4.69) is 142 Å². The number of esters is 3. The molecule has 1 unspecified atom stereocenters. The second-order valence-corrected chi connectivity index (χ2v) is 16.3. The molecule has 0 aromatic carbocycles. The van der Waals surface area contributed by atoms with Gasteiger partial charge in [0.15, 0.2) is 6.10 Å². The fraction of sp³-hybridized carbons (Fsp3) is 0.603. The van der Waals surface area contributed by atoms with E-state index in [-0.39, 0.29) is 44.0 Å². The second kappa shape index (κ2) is 51.4. The Hall–Kier alpha value is -4.19. The number of carbonyl (C=O) groups excluding carboxylic acids is 3. The molecule has 0 spiro atoms. The topological polar surface area (TPSA) is 78.9 Å². The van der Waals surface area contributed by atoms with E-state index in [1.807, 2.05) is 0 Å². The van der Waals surface area contributed by atoms with Gasteiger partial charge in [0.05, 0.1) is 0 Å². The summed E-state index contributed by atoms with van der Waals surface area (Å²) in [6.07, 6.45) is 70.5. The van der Waals surface area contributed by atoms with E-state index in [9.17, 15) is 14.4 Å². The summed E-state index contributed by atoms with van der Waals surface area (Å²) in [5.74, 6) is -1.06. The van der Waals surface area contributed by atoms with Gasteiger partial charge < -0.3 is 14.2 Å². The molecule has 0 bridgehead atoms. The normalized spacial score (nSPS) is 13.1. The van der Waals surface area contributed by atoms with Crippen molar-refractivity contribution in [3.63, 3.8) is 0 Å². The molecule has 0 radical (unpaired) electrons. The molecule has 0 saturated carbocycles. The average molecular weight is 885 g/mol. The molecule has 360 valence electrons. The molecule has 6 heteroatoms. The van der Waals surface area contributed by atoms with Gasteiger partial charge in [-0.1, -0.05) is 194 Å². The van der Waals surface area contributed by atoms with Crippen LogP contribution >= 0.6 is 0 Å². The molecule has 0 rings (SSSR count). The number of hydrogen-bond donors (Lipinski definition) is 0. The number of carbonyl (C=O) groups is 3. The van der Waals surface area contributed by atoms with Crippen LogP contribution in [-0.4, -0.2) is 37.2 Å². The van der Waals surface area contributed by atoms with Gasteiger partial charge in [0.25, 0.3) is 0 Å². The van der Waals surface area contributed by atoms with Crippen molar-refractivity contribution < 1.29 is 28.6 Å². The van der Waals surface area contributed by atoms with Crippen LogP contribution in [-0.2, 0) is 28.6 Å². The Bertz CT molecular complexity index is 1390. The fourth-order valence-corrected chi connectivity index (χ4v) is 6.41. The van der Waals surface area contributed by atoms with Crippen molar-refractivity contribution in [1.29, 1.82) is 0 Å². The van der Waals surface area contributed by atoms with Gasteiger partial charge in [-0.05, 0) is 116 Å². The summed E-state index contributed by atoms with van der Waals surface area (Å²) in [7, 11) is 0. The lowest BCUT2D eigenvalue weighted by Crippen LogP contribution is -2.30. The number of rotatable bonds is 44. The monoisotopic (exact) mass is 885 g/mol. The van der Waals surface area contributed by atoms with Gasteiger partial charge in [0.2, 0.25) is 0 Å². The smallest absolute Gasteiger partial charge is 0.306 e. The molecule has 0 aliphatic heterocycles. The Morgan fingerprint density at radius 1 is 0.328 bits per heavy atom. The maximum absolute atomic E-state index is 12.8. The van der Waals surface area contributed by atoms with Crippen LogP contribution < -0.4 is 0 Å². The van der Waals surface area contributed by atoms with E-state index >= 15 is 0 Å². The van der Waals surface area contributed by atoms with E-state index in [4.69, 9.17) is 14.2 Å². The molecule has 0 aliphatic carbocycles. The summed E-state index contributed by atoms with van der Waals surface area (Å²) in [6, 6.07) is 0. The molecule has 64 heavy (non-hydrogen) atoms. The highest BCUT2D eigenvalue weighted by molar-refractivity contribution is 5.71. The van der Waals surface area contributed by atoms with Crippen molar-refractivity contribution in [2.75, 3.05) is 13.2 Å². The predicted octanol–water partition coefficient (Wildman–Crippen LogP) is 16.9. The van der Waals surface area contributed by atoms with Crippen LogP contribution in [0.3, 0.4) is 0 Å². The Morgan fingerprint density at radius 3 is 1.02 bits per heavy atom. The molecule has 0 N–H and O–H groups in total. The third-order valence-corrected chi connectivity index (χ3v) is 10.2. The lowest BCUT2D eigenvalue weighted by molar-refractivity contribution is -0.167. The van der Waals surface area contributed by atoms with Crippen molar-refractivity contribution in [3.05, 3.63) is 122 Å². The minimum absolute atomic E-state index is 0.127. The van der Waals surface area contributed by atoms with Crippen LogP contribution in [0.1, 0.15) is 207 Å². The number of hydrogen-bond acceptors (Lipinski definition) is 6. The SMILES string of the molecule is CC/C=C\C/C=C\C/C=C\C/C=C\C/C=C\CCCC(=O)OCC(COC(=O)CCCCCCC/C=C\C/C=C\CC)OC(=O)CCC/C=C\C/C=C\C/C=C\CCCCCCCC. The van der Waals surface area contributed by atoms with E-state index in [0.29, 0.717) is 19.3 Å². The van der Waals surface area contributed by atoms with Crippen molar-refractivity contribution in [2.24, 2.45) is 0 Å². The zero-order valence-electron chi connectivity index (χ0n) is 41.0. The highest BCUT2D eigenvalue weighted by Gasteiger charge is 2.19. The summed E-state index contributed by atoms with van der Waals surface area (Å²) in [5.41, 5.74) is 0. The summed E-state index contributed by atoms with van der Waals surface area (Å²) in [6.45, 7) is 6.28. The van der Waals surface area contributed by atoms with E-state index in [1.165, 1.54) is 44.9 Å². The molecule has 0 amide bonds. The van der Waals surface area contributed by atoms with Crippen molar-refractivity contribution in [3.8, 4) is 0 Å². The molecular formula is C58H92O6. The van der Waals surface area contributed by atoms with Gasteiger partial charge >= 0.3 is 17.9 Å². The minimum Gasteiger partial charge on any atom is -0.462 e. The lowest BCUT2D eigenvalue weighted by atomic mass is 10.1. The van der Waals surface area contributed by atoms with Gasteiger partial charge in [-0.15, -0.1) is 0 Å². The minimum atomic E-state index is -0.836. The van der Waals surface area contributed by atoms with Crippen molar-refractivity contribution in [2.45, 2.75) is 213 Å². The standard InChI is InChI=1S/C58H92O6/c1-4-7-10-13-16-19-22-25-27-29-31-33-36-39-42-45-48-51-57(60)63-54-55(53-62-56(59)50-47-44-41-38-35-24-21-18-15-12-9-6-3)64-58(61)52-49-46-43-40-37-34-32-30-28-26-23-20-17-14-11-8-5-2/h7,9-10,12,16,18-19,21,25-28,31-34,39-40,42-43,55H,4-6,8,11,13-15,17,20,22-24,29-30,35-38,41,44-54H2,1-3H3/b10-7-,12-9-,19-16-,21-18-,27-25-,28-26-,33-31-,34-32-,42-39-,43-40-. The van der Waals surface area contributed by atoms with Crippen LogP contribution in [0.4, 0.5) is 0 Å². The Labute approximate surface area is 392 Å². The summed E-state index contributed by atoms with van der Waals surface area (Å²) < 4.78 is 16.7. The third kappa shape index (κ3) is 48.8. The number of ether oxygens (including phenoxy) is 3. The fourth-order valence-electron chi connectivity index (χ4n) is 6.41. The van der Waals surface area contributed by atoms with Crippen LogP contribution in [0.2, 0.25) is 0 Å². The molecule has 0 heterocycles. The quantitative estimate of drug-likeness (QED) is 0.0262. The zero-order valence-corrected chi connectivity index (χ0v) is 41.0. The Morgan fingerprint density at radius 2 is 0.625 bits per heavy atom. The van der Waals surface area contributed by atoms with Crippen LogP contribution in [0.15, 0.2) is 122 Å². The third-order valence-electron chi connectivity index (χ3n) is 10.2. The highest BCUT2D eigenvalue weighted by atomic mass is 16.6. The Balaban J connectivity index is 4.59. The van der Waals surface area contributed by atoms with Crippen molar-refractivity contribution >= 4 is 17.9 Å². The number of allylic oxidation sites excluding steroid dienone is 20. The molecule has 0 aromatic heterocycles. The first-order chi connectivity index (χ1) is 31.5. The first-order valence-corrected chi connectivity index (χ1v) is 25.5. The largest absolute Gasteiger partial charge is 0.462 e. The van der Waals surface area contributed by atoms with Crippen LogP contribution in [0, 0.1) is 0 Å². The average Bonchev–Trinajstić information content (AvgIpc) is 3.29. The molecular weight excluding hydrogens is 793 g/mol. The molecule has 1 atom stereocenters. The zero-order chi connectivity index (χ0) is 46.5.